The largest absolute Gasteiger partial charge is 0.425 e. The van der Waals surface area contributed by atoms with Crippen molar-refractivity contribution in [3.63, 3.8) is 0 Å². The van der Waals surface area contributed by atoms with E-state index in [1.165, 1.54) is 41.0 Å². The zero-order chi connectivity index (χ0) is 46.1. The van der Waals surface area contributed by atoms with Crippen molar-refractivity contribution in [3.05, 3.63) is 136 Å². The first-order valence-electron chi connectivity index (χ1n) is 19.4. The van der Waals surface area contributed by atoms with E-state index in [0.29, 0.717) is 0 Å². The Kier molecular flexibility index (Phi) is 14.5. The number of carbonyl (C=O) groups excluding carboxylic acids is 6. The Bertz CT molecular complexity index is 2690. The highest BCUT2D eigenvalue weighted by atomic mass is 16.5. The Labute approximate surface area is 355 Å². The van der Waals surface area contributed by atoms with Crippen LogP contribution in [0.5, 0.6) is 0 Å². The summed E-state index contributed by atoms with van der Waals surface area (Å²) in [6.07, 6.45) is -0.735. The molecule has 7 heterocycles. The number of carbonyl (C=O) groups is 6. The predicted molar refractivity (Wildman–Crippen MR) is 215 cm³/mol. The van der Waals surface area contributed by atoms with E-state index in [9.17, 15) is 68.8 Å². The molecule has 4 aromatic heterocycles. The van der Waals surface area contributed by atoms with Crippen molar-refractivity contribution in [2.75, 3.05) is 32.7 Å². The van der Waals surface area contributed by atoms with Crippen LogP contribution in [0.25, 0.3) is 0 Å². The molecule has 24 nitrogen and oxygen atoms in total. The summed E-state index contributed by atoms with van der Waals surface area (Å²) in [6, 6.07) is 10.3. The SMILES string of the molecule is CC1NC(=O)c2ccc(n(O)c2=O)C(=O)NCCCN(C(=O)c2cccc(=O)n2O)CCCC(C)N(C(=O)c2cccc(=O)n2O)CCCNC(=O)c2ccc(c(=O)n2O)C(=O)N1. The Morgan fingerprint density at radius 1 is 0.540 bits per heavy atom. The van der Waals surface area contributed by atoms with Gasteiger partial charge in [0.05, 0.1) is 6.17 Å². The molecule has 6 amide bonds. The Hall–Kier alpha value is -8.18. The molecule has 4 bridgehead atoms. The van der Waals surface area contributed by atoms with Gasteiger partial charge in [-0.3, -0.25) is 47.9 Å². The summed E-state index contributed by atoms with van der Waals surface area (Å²) in [6.45, 7) is 2.51. The van der Waals surface area contributed by atoms with Crippen molar-refractivity contribution in [2.24, 2.45) is 0 Å². The third-order valence-corrected chi connectivity index (χ3v) is 9.95. The van der Waals surface area contributed by atoms with E-state index < -0.39 is 92.4 Å². The molecule has 0 aromatic carbocycles. The molecule has 7 rings (SSSR count). The van der Waals surface area contributed by atoms with Crippen LogP contribution < -0.4 is 43.5 Å². The molecule has 63 heavy (non-hydrogen) atoms. The second-order valence-electron chi connectivity index (χ2n) is 14.3. The molecular formula is C39H44N10O14. The lowest BCUT2D eigenvalue weighted by molar-refractivity contribution is 0.0600. The smallest absolute Gasteiger partial charge is 0.296 e. The van der Waals surface area contributed by atoms with E-state index in [4.69, 9.17) is 0 Å². The van der Waals surface area contributed by atoms with Gasteiger partial charge in [0.1, 0.15) is 33.9 Å². The standard InChI is InChI=1S/C39H44N10O14/c1-22-8-5-19-44(38(58)28-9-3-11-30(50)46(28)60)20-6-17-40-34(54)26-15-13-24(36(56)48(26)62)32(52)42-23(2)43-33(53)25-14-16-27(49(63)37(25)57)35(55)41-18-7-21-45(22)39(59)29-10-4-12-31(51)47(29)61/h3-4,9-16,22-23,60-63H,5-8,17-21H2,1-2H3,(H,40,54)(H,41,55)(H,42,52)(H,43,53). The molecule has 2 atom stereocenters. The normalized spacial score (nSPS) is 17.7. The van der Waals surface area contributed by atoms with E-state index in [0.717, 1.165) is 36.4 Å². The van der Waals surface area contributed by atoms with Crippen LogP contribution in [-0.2, 0) is 0 Å². The van der Waals surface area contributed by atoms with Crippen molar-refractivity contribution < 1.29 is 49.6 Å². The van der Waals surface area contributed by atoms with Crippen LogP contribution in [-0.4, -0.2) is 130 Å². The third kappa shape index (κ3) is 10.4. The van der Waals surface area contributed by atoms with E-state index in [2.05, 4.69) is 21.3 Å². The summed E-state index contributed by atoms with van der Waals surface area (Å²) < 4.78 is 0.229. The van der Waals surface area contributed by atoms with Gasteiger partial charge < -0.3 is 51.9 Å². The lowest BCUT2D eigenvalue weighted by atomic mass is 10.1. The van der Waals surface area contributed by atoms with Crippen LogP contribution in [0.3, 0.4) is 0 Å². The third-order valence-electron chi connectivity index (χ3n) is 9.95. The van der Waals surface area contributed by atoms with E-state index in [1.54, 1.807) is 6.92 Å². The van der Waals surface area contributed by atoms with Gasteiger partial charge in [-0.25, -0.2) is 0 Å². The summed E-state index contributed by atoms with van der Waals surface area (Å²) in [5.74, 6) is -5.61. The fraction of sp³-hybridized carbons (Fsp3) is 0.333. The molecular weight excluding hydrogens is 832 g/mol. The van der Waals surface area contributed by atoms with Crippen molar-refractivity contribution in [3.8, 4) is 0 Å². The van der Waals surface area contributed by atoms with Gasteiger partial charge in [-0.1, -0.05) is 12.1 Å². The monoisotopic (exact) mass is 876 g/mol. The highest BCUT2D eigenvalue weighted by Gasteiger charge is 2.27. The van der Waals surface area contributed by atoms with E-state index in [1.807, 2.05) is 0 Å². The molecule has 8 N–H and O–H groups in total. The minimum atomic E-state index is -1.31. The van der Waals surface area contributed by atoms with Crippen LogP contribution >= 0.6 is 0 Å². The zero-order valence-electron chi connectivity index (χ0n) is 33.8. The van der Waals surface area contributed by atoms with Crippen LogP contribution in [0.1, 0.15) is 102 Å². The first kappa shape index (κ1) is 45.9. The maximum Gasteiger partial charge on any atom is 0.296 e. The Morgan fingerprint density at radius 3 is 1.48 bits per heavy atom. The fourth-order valence-corrected chi connectivity index (χ4v) is 6.60. The molecule has 0 spiro atoms. The van der Waals surface area contributed by atoms with Crippen LogP contribution in [0.15, 0.2) is 79.8 Å². The molecule has 4 aromatic rings. The average molecular weight is 877 g/mol. The summed E-state index contributed by atoms with van der Waals surface area (Å²) in [7, 11) is 0. The number of fused-ring (bicyclic) bond motifs is 2. The molecule has 0 fully saturated rings. The summed E-state index contributed by atoms with van der Waals surface area (Å²) in [5.41, 5.74) is -7.53. The number of aromatic nitrogens is 4. The first-order valence-corrected chi connectivity index (χ1v) is 19.4. The minimum absolute atomic E-state index is 0.0184. The highest BCUT2D eigenvalue weighted by molar-refractivity contribution is 5.98. The van der Waals surface area contributed by atoms with Gasteiger partial charge in [-0.05, 0) is 75.9 Å². The number of hydrogen-bond acceptors (Lipinski definition) is 14. The van der Waals surface area contributed by atoms with Gasteiger partial charge in [-0.2, -0.15) is 0 Å². The molecule has 0 saturated heterocycles. The van der Waals surface area contributed by atoms with Crippen molar-refractivity contribution in [1.29, 1.82) is 0 Å². The molecule has 24 heteroatoms. The second kappa shape index (κ2) is 19.9. The van der Waals surface area contributed by atoms with Gasteiger partial charge in [-0.15, -0.1) is 18.9 Å². The number of rotatable bonds is 2. The van der Waals surface area contributed by atoms with Gasteiger partial charge in [0.15, 0.2) is 0 Å². The van der Waals surface area contributed by atoms with Crippen molar-refractivity contribution in [1.82, 2.24) is 50.0 Å². The van der Waals surface area contributed by atoms with E-state index in [-0.39, 0.29) is 88.7 Å². The second-order valence-corrected chi connectivity index (χ2v) is 14.3. The van der Waals surface area contributed by atoms with Crippen LogP contribution in [0, 0.1) is 0 Å². The maximum absolute atomic E-state index is 13.8. The lowest BCUT2D eigenvalue weighted by Gasteiger charge is -2.31. The van der Waals surface area contributed by atoms with Crippen molar-refractivity contribution >= 4 is 35.4 Å². The lowest BCUT2D eigenvalue weighted by Crippen LogP contribution is -2.48. The number of nitrogens with zero attached hydrogens (tertiary/aromatic N) is 6. The summed E-state index contributed by atoms with van der Waals surface area (Å²) >= 11 is 0. The van der Waals surface area contributed by atoms with Crippen LogP contribution in [0.2, 0.25) is 0 Å². The van der Waals surface area contributed by atoms with Crippen molar-refractivity contribution in [2.45, 2.75) is 51.7 Å². The van der Waals surface area contributed by atoms with Gasteiger partial charge in [0.25, 0.3) is 57.7 Å². The fourth-order valence-electron chi connectivity index (χ4n) is 6.60. The first-order chi connectivity index (χ1) is 29.9. The molecule has 334 valence electrons. The summed E-state index contributed by atoms with van der Waals surface area (Å²) in [5, 5.41) is 51.4. The topological polar surface area (TPSA) is 326 Å². The Balaban J connectivity index is 1.45. The van der Waals surface area contributed by atoms with E-state index >= 15 is 0 Å². The molecule has 3 aliphatic rings. The summed E-state index contributed by atoms with van der Waals surface area (Å²) in [4.78, 5) is 132. The number of hydrogen-bond donors (Lipinski definition) is 8. The van der Waals surface area contributed by atoms with Crippen LogP contribution in [0.4, 0.5) is 0 Å². The average Bonchev–Trinajstić information content (AvgIpc) is 3.24. The molecule has 2 unspecified atom stereocenters. The molecule has 0 saturated carbocycles. The maximum atomic E-state index is 13.8. The van der Waals surface area contributed by atoms with Gasteiger partial charge >= 0.3 is 0 Å². The quantitative estimate of drug-likeness (QED) is 0.106. The minimum Gasteiger partial charge on any atom is -0.425 e. The van der Waals surface area contributed by atoms with Gasteiger partial charge in [0.2, 0.25) is 0 Å². The highest BCUT2D eigenvalue weighted by Crippen LogP contribution is 2.15. The predicted octanol–water partition coefficient (Wildman–Crippen LogP) is -1.50. The zero-order valence-corrected chi connectivity index (χ0v) is 33.8. The number of pyridine rings is 4. The Morgan fingerprint density at radius 2 is 0.984 bits per heavy atom. The number of nitrogens with one attached hydrogen (secondary N) is 4. The molecule has 0 radical (unpaired) electrons. The molecule has 0 aliphatic carbocycles. The number of amides is 6. The molecule has 3 aliphatic heterocycles. The van der Waals surface area contributed by atoms with Gasteiger partial charge in [0, 0.05) is 50.9 Å².